The number of rotatable bonds is 2. The van der Waals surface area contributed by atoms with Crippen molar-refractivity contribution in [3.8, 4) is 0 Å². The molecule has 1 aliphatic heterocycles. The Morgan fingerprint density at radius 1 is 1.37 bits per heavy atom. The molecule has 0 bridgehead atoms. The number of fused-ring (bicyclic) bond motifs is 1. The molecule has 0 fully saturated rings. The molecule has 1 aromatic carbocycles. The van der Waals surface area contributed by atoms with Crippen molar-refractivity contribution in [3.05, 3.63) is 29.3 Å². The van der Waals surface area contributed by atoms with E-state index < -0.39 is 22.1 Å². The summed E-state index contributed by atoms with van der Waals surface area (Å²) in [7, 11) is -3.52. The first-order valence-electron chi connectivity index (χ1n) is 5.55. The molecule has 1 unspecified atom stereocenters. The van der Waals surface area contributed by atoms with E-state index in [1.165, 1.54) is 18.2 Å². The molecular formula is C11H13F3N2O2S. The molecule has 2 rings (SSSR count). The van der Waals surface area contributed by atoms with Gasteiger partial charge in [-0.05, 0) is 17.2 Å². The molecule has 8 heteroatoms. The highest BCUT2D eigenvalue weighted by atomic mass is 32.2. The molecule has 4 nitrogen and oxygen atoms in total. The Kier molecular flexibility index (Phi) is 3.48. The van der Waals surface area contributed by atoms with Crippen molar-refractivity contribution in [3.63, 3.8) is 0 Å². The molecule has 1 heterocycles. The van der Waals surface area contributed by atoms with Crippen LogP contribution in [-0.4, -0.2) is 27.4 Å². The smallest absolute Gasteiger partial charge is 0.312 e. The molecule has 0 aromatic heterocycles. The molecule has 1 aliphatic rings. The minimum Gasteiger partial charge on any atom is -0.312 e. The van der Waals surface area contributed by atoms with Gasteiger partial charge >= 0.3 is 6.18 Å². The van der Waals surface area contributed by atoms with Gasteiger partial charge < -0.3 is 5.32 Å². The van der Waals surface area contributed by atoms with Crippen molar-refractivity contribution in [2.75, 3.05) is 17.5 Å². The minimum atomic E-state index is -4.36. The third-order valence-corrected chi connectivity index (χ3v) is 3.52. The van der Waals surface area contributed by atoms with Crippen LogP contribution in [0.5, 0.6) is 0 Å². The van der Waals surface area contributed by atoms with Gasteiger partial charge in [-0.25, -0.2) is 8.42 Å². The Morgan fingerprint density at radius 2 is 2.05 bits per heavy atom. The Bertz CT molecular complexity index is 584. The summed E-state index contributed by atoms with van der Waals surface area (Å²) in [6.45, 7) is 0.0133. The monoisotopic (exact) mass is 294 g/mol. The van der Waals surface area contributed by atoms with Crippen LogP contribution in [0.25, 0.3) is 0 Å². The quantitative estimate of drug-likeness (QED) is 0.874. The fraction of sp³-hybridized carbons (Fsp3) is 0.455. The molecule has 2 N–H and O–H groups in total. The fourth-order valence-electron chi connectivity index (χ4n) is 2.17. The molecule has 0 aliphatic carbocycles. The minimum absolute atomic E-state index is 0.125. The molecular weight excluding hydrogens is 281 g/mol. The highest BCUT2D eigenvalue weighted by molar-refractivity contribution is 7.92. The van der Waals surface area contributed by atoms with E-state index in [-0.39, 0.29) is 24.3 Å². The van der Waals surface area contributed by atoms with Crippen LogP contribution in [0, 0.1) is 0 Å². The number of hydrogen-bond acceptors (Lipinski definition) is 3. The normalized spacial score (nSPS) is 19.9. The lowest BCUT2D eigenvalue weighted by Gasteiger charge is -2.29. The SMILES string of the molecule is CS(=O)(=O)Nc1cccc2c1CNCC2C(F)(F)F. The standard InChI is InChI=1S/C11H13F3N2O2S/c1-19(17,18)16-10-4-2-3-7-8(10)5-15-6-9(7)11(12,13)14/h2-4,9,15-16H,5-6H2,1H3. The number of nitrogens with one attached hydrogen (secondary N) is 2. The maximum absolute atomic E-state index is 12.9. The zero-order valence-corrected chi connectivity index (χ0v) is 10.9. The van der Waals surface area contributed by atoms with Crippen LogP contribution < -0.4 is 10.0 Å². The molecule has 1 atom stereocenters. The number of sulfonamides is 1. The number of benzene rings is 1. The second kappa shape index (κ2) is 4.68. The summed E-state index contributed by atoms with van der Waals surface area (Å²) in [6.07, 6.45) is -3.39. The molecule has 0 saturated heterocycles. The van der Waals surface area contributed by atoms with Crippen molar-refractivity contribution < 1.29 is 21.6 Å². The van der Waals surface area contributed by atoms with Crippen LogP contribution in [0.1, 0.15) is 17.0 Å². The summed E-state index contributed by atoms with van der Waals surface area (Å²) in [5.41, 5.74) is 0.669. The van der Waals surface area contributed by atoms with Gasteiger partial charge in [0.25, 0.3) is 0 Å². The van der Waals surface area contributed by atoms with E-state index in [1.54, 1.807) is 0 Å². The van der Waals surface area contributed by atoms with E-state index in [1.807, 2.05) is 0 Å². The van der Waals surface area contributed by atoms with Gasteiger partial charge in [0, 0.05) is 13.1 Å². The molecule has 1 aromatic rings. The number of hydrogen-bond donors (Lipinski definition) is 2. The van der Waals surface area contributed by atoms with E-state index in [0.29, 0.717) is 5.56 Å². The highest BCUT2D eigenvalue weighted by Crippen LogP contribution is 2.39. The first kappa shape index (κ1) is 14.1. The van der Waals surface area contributed by atoms with Gasteiger partial charge in [0.05, 0.1) is 17.9 Å². The van der Waals surface area contributed by atoms with Crippen LogP contribution in [0.15, 0.2) is 18.2 Å². The zero-order valence-electron chi connectivity index (χ0n) is 10.1. The summed E-state index contributed by atoms with van der Waals surface area (Å²) >= 11 is 0. The van der Waals surface area contributed by atoms with Gasteiger partial charge in [-0.1, -0.05) is 12.1 Å². The molecule has 19 heavy (non-hydrogen) atoms. The summed E-state index contributed by atoms with van der Waals surface area (Å²) < 4.78 is 63.4. The zero-order chi connectivity index (χ0) is 14.3. The first-order chi connectivity index (χ1) is 8.68. The van der Waals surface area contributed by atoms with Crippen LogP contribution in [0.4, 0.5) is 18.9 Å². The topological polar surface area (TPSA) is 58.2 Å². The van der Waals surface area contributed by atoms with Gasteiger partial charge in [-0.3, -0.25) is 4.72 Å². The van der Waals surface area contributed by atoms with Crippen LogP contribution in [-0.2, 0) is 16.6 Å². The predicted molar refractivity (Wildman–Crippen MR) is 65.4 cm³/mol. The number of alkyl halides is 3. The Morgan fingerprint density at radius 3 is 2.63 bits per heavy atom. The summed E-state index contributed by atoms with van der Waals surface area (Å²) in [5.74, 6) is -1.61. The van der Waals surface area contributed by atoms with E-state index in [4.69, 9.17) is 0 Å². The largest absolute Gasteiger partial charge is 0.396 e. The second-order valence-electron chi connectivity index (χ2n) is 4.47. The average Bonchev–Trinajstić information content (AvgIpc) is 2.25. The lowest BCUT2D eigenvalue weighted by molar-refractivity contribution is -0.150. The van der Waals surface area contributed by atoms with Crippen molar-refractivity contribution in [1.29, 1.82) is 0 Å². The maximum Gasteiger partial charge on any atom is 0.396 e. The van der Waals surface area contributed by atoms with Gasteiger partial charge in [-0.2, -0.15) is 13.2 Å². The lowest BCUT2D eigenvalue weighted by Crippen LogP contribution is -2.37. The molecule has 106 valence electrons. The average molecular weight is 294 g/mol. The Labute approximate surface area is 109 Å². The van der Waals surface area contributed by atoms with E-state index in [9.17, 15) is 21.6 Å². The van der Waals surface area contributed by atoms with Crippen LogP contribution in [0.3, 0.4) is 0 Å². The van der Waals surface area contributed by atoms with Gasteiger partial charge in [0.2, 0.25) is 10.0 Å². The molecule has 0 saturated carbocycles. The number of halogens is 3. The lowest BCUT2D eigenvalue weighted by atomic mass is 9.89. The van der Waals surface area contributed by atoms with E-state index in [0.717, 1.165) is 6.26 Å². The highest BCUT2D eigenvalue weighted by Gasteiger charge is 2.43. The third kappa shape index (κ3) is 3.19. The first-order valence-corrected chi connectivity index (χ1v) is 7.44. The molecule has 0 amide bonds. The van der Waals surface area contributed by atoms with Gasteiger partial charge in [-0.15, -0.1) is 0 Å². The maximum atomic E-state index is 12.9. The third-order valence-electron chi connectivity index (χ3n) is 2.93. The Hall–Kier alpha value is -1.28. The summed E-state index contributed by atoms with van der Waals surface area (Å²) in [5, 5.41) is 2.67. The van der Waals surface area contributed by atoms with Crippen LogP contribution >= 0.6 is 0 Å². The van der Waals surface area contributed by atoms with Crippen LogP contribution in [0.2, 0.25) is 0 Å². The Balaban J connectivity index is 2.47. The predicted octanol–water partition coefficient (Wildman–Crippen LogP) is 1.81. The molecule has 0 spiro atoms. The van der Waals surface area contributed by atoms with Gasteiger partial charge in [0.1, 0.15) is 0 Å². The fourth-order valence-corrected chi connectivity index (χ4v) is 2.76. The number of anilines is 1. The molecule has 0 radical (unpaired) electrons. The summed E-state index contributed by atoms with van der Waals surface area (Å²) in [4.78, 5) is 0. The van der Waals surface area contributed by atoms with Crippen molar-refractivity contribution in [1.82, 2.24) is 5.32 Å². The van der Waals surface area contributed by atoms with E-state index >= 15 is 0 Å². The second-order valence-corrected chi connectivity index (χ2v) is 6.22. The van der Waals surface area contributed by atoms with Gasteiger partial charge in [0.15, 0.2) is 0 Å². The summed E-state index contributed by atoms with van der Waals surface area (Å²) in [6, 6.07) is 4.28. The van der Waals surface area contributed by atoms with Crippen molar-refractivity contribution in [2.24, 2.45) is 0 Å². The van der Waals surface area contributed by atoms with E-state index in [2.05, 4.69) is 10.0 Å². The van der Waals surface area contributed by atoms with Crippen molar-refractivity contribution in [2.45, 2.75) is 18.6 Å². The van der Waals surface area contributed by atoms with Crippen molar-refractivity contribution >= 4 is 15.7 Å².